The molecule has 0 aromatic heterocycles. The summed E-state index contributed by atoms with van der Waals surface area (Å²) in [4.78, 5) is 0. The van der Waals surface area contributed by atoms with Gasteiger partial charge in [0.1, 0.15) is 0 Å². The largest absolute Gasteiger partial charge is 0.482 e. The summed E-state index contributed by atoms with van der Waals surface area (Å²) in [5.74, 6) is 0. The van der Waals surface area contributed by atoms with Gasteiger partial charge in [0.2, 0.25) is 0 Å². The molecular weight excluding hydrogens is 158 g/mol. The van der Waals surface area contributed by atoms with Crippen LogP contribution in [0, 0.1) is 6.54 Å². The summed E-state index contributed by atoms with van der Waals surface area (Å²) in [5.41, 5.74) is 9.62. The molecule has 0 saturated heterocycles. The van der Waals surface area contributed by atoms with Crippen LogP contribution >= 0.6 is 0 Å². The van der Waals surface area contributed by atoms with E-state index < -0.39 is 0 Å². The average molecular weight is 166 g/mol. The molecule has 0 amide bonds. The van der Waals surface area contributed by atoms with Crippen molar-refractivity contribution >= 4 is 0 Å². The van der Waals surface area contributed by atoms with Gasteiger partial charge < -0.3 is 11.5 Å². The van der Waals surface area contributed by atoms with Crippen LogP contribution in [0.1, 0.15) is 0 Å². The second kappa shape index (κ2) is 8.82. The topological polar surface area (TPSA) is 52.0 Å². The Morgan fingerprint density at radius 3 is 1.80 bits per heavy atom. The van der Waals surface area contributed by atoms with Crippen LogP contribution in [0.4, 0.5) is 0 Å². The van der Waals surface area contributed by atoms with Gasteiger partial charge in [0.25, 0.3) is 0 Å². The van der Waals surface area contributed by atoms with Crippen molar-refractivity contribution in [1.82, 2.24) is 0 Å². The summed E-state index contributed by atoms with van der Waals surface area (Å²) >= 11 is 0. The molecule has 0 unspecified atom stereocenters. The molecule has 3 heteroatoms. The molecule has 0 heterocycles. The van der Waals surface area contributed by atoms with Crippen molar-refractivity contribution < 1.29 is 20.4 Å². The van der Waals surface area contributed by atoms with Gasteiger partial charge in [-0.1, -0.05) is 0 Å². The van der Waals surface area contributed by atoms with Gasteiger partial charge in [0, 0.05) is 20.4 Å². The summed E-state index contributed by atoms with van der Waals surface area (Å²) in [5, 5.41) is 0. The fourth-order valence-electron chi connectivity index (χ4n) is 0. The van der Waals surface area contributed by atoms with Crippen LogP contribution in [0.5, 0.6) is 0 Å². The van der Waals surface area contributed by atoms with Gasteiger partial charge in [-0.3, -0.25) is 6.54 Å². The van der Waals surface area contributed by atoms with Crippen LogP contribution in [0.15, 0.2) is 0 Å². The van der Waals surface area contributed by atoms with Crippen molar-refractivity contribution in [2.75, 3.05) is 6.54 Å². The van der Waals surface area contributed by atoms with Gasteiger partial charge in [-0.15, -0.1) is 6.54 Å². The van der Waals surface area contributed by atoms with Gasteiger partial charge >= 0.3 is 0 Å². The first-order valence-electron chi connectivity index (χ1n) is 1.15. The van der Waals surface area contributed by atoms with Crippen molar-refractivity contribution in [1.29, 1.82) is 0 Å². The zero-order valence-corrected chi connectivity index (χ0v) is 4.31. The molecule has 0 saturated carbocycles. The van der Waals surface area contributed by atoms with E-state index in [1.807, 2.05) is 0 Å². The van der Waals surface area contributed by atoms with Crippen LogP contribution in [0.25, 0.3) is 0 Å². The maximum Gasteiger partial charge on any atom is 0 e. The molecule has 0 rings (SSSR count). The molecule has 0 spiro atoms. The first-order valence-corrected chi connectivity index (χ1v) is 1.15. The Labute approximate surface area is 45.6 Å². The predicted molar refractivity (Wildman–Crippen MR) is 17.5 cm³/mol. The molecule has 4 N–H and O–H groups in total. The van der Waals surface area contributed by atoms with E-state index in [0.717, 1.165) is 0 Å². The Morgan fingerprint density at radius 1 is 1.60 bits per heavy atom. The third-order valence-electron chi connectivity index (χ3n) is 0.136. The maximum absolute atomic E-state index is 4.85. The van der Waals surface area contributed by atoms with Crippen molar-refractivity contribution in [3.63, 3.8) is 0 Å². The zero-order chi connectivity index (χ0) is 3.41. The Kier molecular flexibility index (Phi) is 16.1. The van der Waals surface area contributed by atoms with Gasteiger partial charge in [-0.2, -0.15) is 0 Å². The van der Waals surface area contributed by atoms with E-state index in [9.17, 15) is 0 Å². The van der Waals surface area contributed by atoms with E-state index in [-0.39, 0.29) is 20.4 Å². The Morgan fingerprint density at radius 2 is 1.80 bits per heavy atom. The Balaban J connectivity index is 0. The minimum atomic E-state index is 0. The Hall–Kier alpha value is 0.582. The quantitative estimate of drug-likeness (QED) is 0.389. The van der Waals surface area contributed by atoms with Gasteiger partial charge in [0.05, 0.1) is 0 Å². The number of nitrogens with two attached hydrogens (primary N) is 2. The molecule has 0 atom stereocenters. The normalized spacial score (nSPS) is 6.00. The van der Waals surface area contributed by atoms with Crippen LogP contribution in [0.3, 0.4) is 0 Å². The summed E-state index contributed by atoms with van der Waals surface area (Å²) in [6.45, 7) is 1.88. The standard InChI is InChI=1S/C2H7N2.Pd/c3-1-2-4;/h1H,2-4H2;/q-1;. The minimum absolute atomic E-state index is 0. The molecule has 36 valence electrons. The van der Waals surface area contributed by atoms with Crippen LogP contribution in [-0.4, -0.2) is 6.54 Å². The molecule has 0 bridgehead atoms. The van der Waals surface area contributed by atoms with Crippen molar-refractivity contribution in [3.05, 3.63) is 6.54 Å². The third-order valence-corrected chi connectivity index (χ3v) is 0.136. The van der Waals surface area contributed by atoms with E-state index in [1.165, 1.54) is 6.54 Å². The summed E-state index contributed by atoms with van der Waals surface area (Å²) < 4.78 is 0. The molecule has 0 aliphatic heterocycles. The minimum Gasteiger partial charge on any atom is -0.482 e. The van der Waals surface area contributed by atoms with Crippen molar-refractivity contribution in [2.45, 2.75) is 0 Å². The van der Waals surface area contributed by atoms with Crippen molar-refractivity contribution in [3.8, 4) is 0 Å². The van der Waals surface area contributed by atoms with E-state index in [0.29, 0.717) is 6.54 Å². The first-order chi connectivity index (χ1) is 1.91. The molecule has 0 aliphatic carbocycles. The van der Waals surface area contributed by atoms with Gasteiger partial charge in [-0.25, -0.2) is 0 Å². The molecular formula is C2H7N2Pd-. The zero-order valence-electron chi connectivity index (χ0n) is 2.76. The van der Waals surface area contributed by atoms with Crippen LogP contribution in [0.2, 0.25) is 0 Å². The molecule has 0 radical (unpaired) electrons. The predicted octanol–water partition coefficient (Wildman–Crippen LogP) is -0.937. The fourth-order valence-corrected chi connectivity index (χ4v) is 0. The molecule has 5 heavy (non-hydrogen) atoms. The molecule has 0 aromatic carbocycles. The monoisotopic (exact) mass is 165 g/mol. The summed E-state index contributed by atoms with van der Waals surface area (Å²) in [6, 6.07) is 0. The molecule has 0 aliphatic rings. The number of hydrogen-bond acceptors (Lipinski definition) is 2. The maximum atomic E-state index is 4.85. The van der Waals surface area contributed by atoms with Gasteiger partial charge in [0.15, 0.2) is 0 Å². The van der Waals surface area contributed by atoms with E-state index in [2.05, 4.69) is 0 Å². The second-order valence-electron chi connectivity index (χ2n) is 0.471. The summed E-state index contributed by atoms with van der Waals surface area (Å²) in [7, 11) is 0. The van der Waals surface area contributed by atoms with Crippen molar-refractivity contribution in [2.24, 2.45) is 11.5 Å². The smallest absolute Gasteiger partial charge is 0 e. The van der Waals surface area contributed by atoms with Crippen LogP contribution in [-0.2, 0) is 20.4 Å². The summed E-state index contributed by atoms with van der Waals surface area (Å²) in [6.07, 6.45) is 0. The second-order valence-corrected chi connectivity index (χ2v) is 0.471. The fraction of sp³-hybridized carbons (Fsp3) is 0.500. The first kappa shape index (κ1) is 9.13. The van der Waals surface area contributed by atoms with Crippen LogP contribution < -0.4 is 11.5 Å². The molecule has 2 nitrogen and oxygen atoms in total. The third kappa shape index (κ3) is 12.2. The average Bonchev–Trinajstić information content (AvgIpc) is 1.37. The van der Waals surface area contributed by atoms with E-state index in [4.69, 9.17) is 11.5 Å². The number of rotatable bonds is 1. The Bertz CT molecular complexity index is 9.61. The van der Waals surface area contributed by atoms with E-state index in [1.54, 1.807) is 0 Å². The van der Waals surface area contributed by atoms with E-state index >= 15 is 0 Å². The molecule has 0 fully saturated rings. The SMILES string of the molecule is N[CH-]CN.[Pd]. The number of hydrogen-bond donors (Lipinski definition) is 2. The molecule has 0 aromatic rings. The van der Waals surface area contributed by atoms with Gasteiger partial charge in [-0.05, 0) is 0 Å².